The first-order chi connectivity index (χ1) is 8.34. The second kappa shape index (κ2) is 5.84. The highest BCUT2D eigenvalue weighted by molar-refractivity contribution is 5.75. The molecule has 2 aromatic rings. The van der Waals surface area contributed by atoms with Crippen molar-refractivity contribution < 1.29 is 4.79 Å². The molecule has 2 heterocycles. The lowest BCUT2D eigenvalue weighted by Crippen LogP contribution is -2.23. The summed E-state index contributed by atoms with van der Waals surface area (Å²) in [7, 11) is 0. The average molecular weight is 229 g/mol. The van der Waals surface area contributed by atoms with Gasteiger partial charge in [0.15, 0.2) is 0 Å². The smallest absolute Gasteiger partial charge is 0.222 e. The van der Waals surface area contributed by atoms with Crippen LogP contribution in [0.4, 0.5) is 0 Å². The predicted octanol–water partition coefficient (Wildman–Crippen LogP) is 1.59. The van der Waals surface area contributed by atoms with E-state index in [-0.39, 0.29) is 5.91 Å². The van der Waals surface area contributed by atoms with Gasteiger partial charge in [-0.2, -0.15) is 0 Å². The summed E-state index contributed by atoms with van der Waals surface area (Å²) in [5.74, 6) is 0.0653. The SMILES string of the molecule is O=C(CCn1cccc1)NCc1ccncc1. The van der Waals surface area contributed by atoms with Gasteiger partial charge in [0.1, 0.15) is 0 Å². The van der Waals surface area contributed by atoms with Gasteiger partial charge in [0.2, 0.25) is 5.91 Å². The standard InChI is InChI=1S/C13H15N3O/c17-13(5-10-16-8-1-2-9-16)15-11-12-3-6-14-7-4-12/h1-4,6-9H,5,10-11H2,(H,15,17). The van der Waals surface area contributed by atoms with Crippen molar-refractivity contribution in [2.24, 2.45) is 0 Å². The van der Waals surface area contributed by atoms with Crippen molar-refractivity contribution in [2.75, 3.05) is 0 Å². The summed E-state index contributed by atoms with van der Waals surface area (Å²) in [4.78, 5) is 15.5. The first kappa shape index (κ1) is 11.4. The molecule has 4 nitrogen and oxygen atoms in total. The van der Waals surface area contributed by atoms with E-state index in [2.05, 4.69) is 10.3 Å². The van der Waals surface area contributed by atoms with Gasteiger partial charge >= 0.3 is 0 Å². The molecule has 1 N–H and O–H groups in total. The maximum absolute atomic E-state index is 11.6. The van der Waals surface area contributed by atoms with Crippen molar-refractivity contribution in [1.82, 2.24) is 14.9 Å². The Hall–Kier alpha value is -2.10. The molecule has 0 radical (unpaired) electrons. The lowest BCUT2D eigenvalue weighted by atomic mass is 10.2. The first-order valence-corrected chi connectivity index (χ1v) is 5.61. The van der Waals surface area contributed by atoms with E-state index in [4.69, 9.17) is 0 Å². The molecule has 0 fully saturated rings. The summed E-state index contributed by atoms with van der Waals surface area (Å²) >= 11 is 0. The molecule has 0 unspecified atom stereocenters. The minimum Gasteiger partial charge on any atom is -0.354 e. The Labute approximate surface area is 100 Å². The van der Waals surface area contributed by atoms with Gasteiger partial charge in [-0.15, -0.1) is 0 Å². The molecule has 0 aromatic carbocycles. The molecule has 17 heavy (non-hydrogen) atoms. The summed E-state index contributed by atoms with van der Waals surface area (Å²) in [5.41, 5.74) is 1.06. The second-order valence-corrected chi connectivity index (χ2v) is 3.80. The number of carbonyl (C=O) groups excluding carboxylic acids is 1. The predicted molar refractivity (Wildman–Crippen MR) is 65.1 cm³/mol. The largest absolute Gasteiger partial charge is 0.354 e. The van der Waals surface area contributed by atoms with Crippen LogP contribution in [0.3, 0.4) is 0 Å². The Morgan fingerprint density at radius 1 is 1.24 bits per heavy atom. The average Bonchev–Trinajstić information content (AvgIpc) is 2.88. The third-order valence-corrected chi connectivity index (χ3v) is 2.50. The number of aromatic nitrogens is 2. The Morgan fingerprint density at radius 2 is 1.94 bits per heavy atom. The van der Waals surface area contributed by atoms with Gasteiger partial charge in [-0.05, 0) is 29.8 Å². The van der Waals surface area contributed by atoms with Crippen LogP contribution in [0.1, 0.15) is 12.0 Å². The van der Waals surface area contributed by atoms with Gasteiger partial charge in [0.05, 0.1) is 0 Å². The Morgan fingerprint density at radius 3 is 2.65 bits per heavy atom. The van der Waals surface area contributed by atoms with Crippen LogP contribution in [0.15, 0.2) is 49.1 Å². The van der Waals surface area contributed by atoms with E-state index in [1.807, 2.05) is 41.2 Å². The van der Waals surface area contributed by atoms with Gasteiger partial charge in [-0.3, -0.25) is 9.78 Å². The van der Waals surface area contributed by atoms with Crippen LogP contribution in [-0.2, 0) is 17.9 Å². The molecule has 4 heteroatoms. The van der Waals surface area contributed by atoms with E-state index in [9.17, 15) is 4.79 Å². The summed E-state index contributed by atoms with van der Waals surface area (Å²) < 4.78 is 1.99. The molecule has 2 rings (SSSR count). The number of hydrogen-bond donors (Lipinski definition) is 1. The summed E-state index contributed by atoms with van der Waals surface area (Å²) in [6.45, 7) is 1.28. The van der Waals surface area contributed by atoms with E-state index in [1.54, 1.807) is 12.4 Å². The summed E-state index contributed by atoms with van der Waals surface area (Å²) in [5, 5.41) is 2.88. The molecule has 0 aliphatic rings. The molecular weight excluding hydrogens is 214 g/mol. The zero-order chi connectivity index (χ0) is 11.9. The van der Waals surface area contributed by atoms with Crippen molar-refractivity contribution in [3.63, 3.8) is 0 Å². The molecule has 2 aromatic heterocycles. The van der Waals surface area contributed by atoms with Crippen molar-refractivity contribution >= 4 is 5.91 Å². The van der Waals surface area contributed by atoms with Crippen molar-refractivity contribution in [1.29, 1.82) is 0 Å². The molecule has 0 aliphatic heterocycles. The molecule has 1 amide bonds. The molecule has 88 valence electrons. The van der Waals surface area contributed by atoms with Gasteiger partial charge < -0.3 is 9.88 Å². The summed E-state index contributed by atoms with van der Waals surface area (Å²) in [6, 6.07) is 7.70. The quantitative estimate of drug-likeness (QED) is 0.846. The molecule has 0 bridgehead atoms. The lowest BCUT2D eigenvalue weighted by Gasteiger charge is -2.05. The van der Waals surface area contributed by atoms with Crippen LogP contribution in [0.5, 0.6) is 0 Å². The van der Waals surface area contributed by atoms with Crippen molar-refractivity contribution in [2.45, 2.75) is 19.5 Å². The second-order valence-electron chi connectivity index (χ2n) is 3.80. The third kappa shape index (κ3) is 3.75. The highest BCUT2D eigenvalue weighted by Crippen LogP contribution is 1.97. The van der Waals surface area contributed by atoms with Crippen LogP contribution in [0.25, 0.3) is 0 Å². The molecule has 0 spiro atoms. The number of aryl methyl sites for hydroxylation is 1. The minimum atomic E-state index is 0.0653. The lowest BCUT2D eigenvalue weighted by molar-refractivity contribution is -0.121. The Kier molecular flexibility index (Phi) is 3.91. The molecule has 0 saturated carbocycles. The highest BCUT2D eigenvalue weighted by atomic mass is 16.1. The first-order valence-electron chi connectivity index (χ1n) is 5.61. The van der Waals surface area contributed by atoms with Gasteiger partial charge in [-0.25, -0.2) is 0 Å². The minimum absolute atomic E-state index is 0.0653. The van der Waals surface area contributed by atoms with Gasteiger partial charge in [-0.1, -0.05) is 0 Å². The normalized spacial score (nSPS) is 10.1. The number of nitrogens with zero attached hydrogens (tertiary/aromatic N) is 2. The number of pyridine rings is 1. The van der Waals surface area contributed by atoms with E-state index in [1.165, 1.54) is 0 Å². The maximum atomic E-state index is 11.6. The van der Waals surface area contributed by atoms with E-state index < -0.39 is 0 Å². The monoisotopic (exact) mass is 229 g/mol. The van der Waals surface area contributed by atoms with Crippen LogP contribution < -0.4 is 5.32 Å². The van der Waals surface area contributed by atoms with Crippen molar-refractivity contribution in [3.05, 3.63) is 54.6 Å². The molecule has 0 saturated heterocycles. The van der Waals surface area contributed by atoms with Crippen molar-refractivity contribution in [3.8, 4) is 0 Å². The number of amides is 1. The highest BCUT2D eigenvalue weighted by Gasteiger charge is 2.01. The maximum Gasteiger partial charge on any atom is 0.222 e. The Balaban J connectivity index is 1.71. The number of nitrogens with one attached hydrogen (secondary N) is 1. The fourth-order valence-corrected chi connectivity index (χ4v) is 1.54. The van der Waals surface area contributed by atoms with E-state index in [0.29, 0.717) is 13.0 Å². The fraction of sp³-hybridized carbons (Fsp3) is 0.231. The Bertz CT molecular complexity index is 451. The number of hydrogen-bond acceptors (Lipinski definition) is 2. The van der Waals surface area contributed by atoms with Crippen LogP contribution in [0.2, 0.25) is 0 Å². The van der Waals surface area contributed by atoms with E-state index >= 15 is 0 Å². The topological polar surface area (TPSA) is 46.9 Å². The fourth-order valence-electron chi connectivity index (χ4n) is 1.54. The molecule has 0 atom stereocenters. The van der Waals surface area contributed by atoms with E-state index in [0.717, 1.165) is 12.1 Å². The van der Waals surface area contributed by atoms with Gasteiger partial charge in [0.25, 0.3) is 0 Å². The molecular formula is C13H15N3O. The third-order valence-electron chi connectivity index (χ3n) is 2.50. The number of carbonyl (C=O) groups is 1. The number of rotatable bonds is 5. The zero-order valence-corrected chi connectivity index (χ0v) is 9.54. The van der Waals surface area contributed by atoms with Gasteiger partial charge in [0, 0.05) is 44.3 Å². The summed E-state index contributed by atoms with van der Waals surface area (Å²) in [6.07, 6.45) is 7.86. The van der Waals surface area contributed by atoms with Crippen LogP contribution >= 0.6 is 0 Å². The van der Waals surface area contributed by atoms with Crippen LogP contribution in [0, 0.1) is 0 Å². The molecule has 0 aliphatic carbocycles. The van der Waals surface area contributed by atoms with Crippen LogP contribution in [-0.4, -0.2) is 15.5 Å². The zero-order valence-electron chi connectivity index (χ0n) is 9.54.